The van der Waals surface area contributed by atoms with Gasteiger partial charge in [-0.1, -0.05) is 0 Å². The summed E-state index contributed by atoms with van der Waals surface area (Å²) in [5.74, 6) is -0.451. The lowest BCUT2D eigenvalue weighted by Gasteiger charge is -2.02. The van der Waals surface area contributed by atoms with E-state index in [0.717, 1.165) is 0 Å². The van der Waals surface area contributed by atoms with Gasteiger partial charge < -0.3 is 0 Å². The van der Waals surface area contributed by atoms with Crippen LogP contribution in [0.5, 0.6) is 0 Å². The van der Waals surface area contributed by atoms with Crippen molar-refractivity contribution in [2.45, 2.75) is 0 Å². The molecule has 1 heterocycles. The van der Waals surface area contributed by atoms with Crippen LogP contribution in [0, 0.1) is 17.1 Å². The van der Waals surface area contributed by atoms with E-state index in [9.17, 15) is 4.39 Å². The van der Waals surface area contributed by atoms with Crippen molar-refractivity contribution in [3.63, 3.8) is 0 Å². The third kappa shape index (κ3) is 1.36. The van der Waals surface area contributed by atoms with Crippen LogP contribution in [0.4, 0.5) is 4.39 Å². The summed E-state index contributed by atoms with van der Waals surface area (Å²) in [5.41, 5.74) is 0.646. The molecule has 2 aromatic rings. The van der Waals surface area contributed by atoms with Crippen molar-refractivity contribution in [2.24, 2.45) is 0 Å². The van der Waals surface area contributed by atoms with Crippen molar-refractivity contribution in [3.05, 3.63) is 48.0 Å². The van der Waals surface area contributed by atoms with E-state index in [-0.39, 0.29) is 0 Å². The molecule has 3 nitrogen and oxygen atoms in total. The average Bonchev–Trinajstić information content (AvgIpc) is 2.70. The van der Waals surface area contributed by atoms with Crippen molar-refractivity contribution in [1.82, 2.24) is 9.78 Å². The van der Waals surface area contributed by atoms with Crippen molar-refractivity contribution < 1.29 is 4.39 Å². The Hall–Kier alpha value is -2.15. The maximum atomic E-state index is 13.4. The van der Waals surface area contributed by atoms with Gasteiger partial charge in [-0.15, -0.1) is 0 Å². The monoisotopic (exact) mass is 187 g/mol. The molecule has 0 amide bonds. The van der Waals surface area contributed by atoms with Crippen LogP contribution < -0.4 is 0 Å². The molecular weight excluding hydrogens is 181 g/mol. The van der Waals surface area contributed by atoms with Gasteiger partial charge in [0, 0.05) is 12.4 Å². The van der Waals surface area contributed by atoms with Crippen molar-refractivity contribution >= 4 is 0 Å². The zero-order chi connectivity index (χ0) is 9.97. The van der Waals surface area contributed by atoms with E-state index in [0.29, 0.717) is 11.3 Å². The highest BCUT2D eigenvalue weighted by Crippen LogP contribution is 2.13. The number of aromatic nitrogens is 2. The Bertz CT molecular complexity index is 483. The SMILES string of the molecule is N#Cc1ccc(-n2cccn2)c(F)c1. The molecule has 0 bridgehead atoms. The fourth-order valence-corrected chi connectivity index (χ4v) is 1.17. The molecular formula is C10H6FN3. The molecule has 14 heavy (non-hydrogen) atoms. The van der Waals surface area contributed by atoms with E-state index in [2.05, 4.69) is 5.10 Å². The molecule has 0 aliphatic carbocycles. The lowest BCUT2D eigenvalue weighted by Crippen LogP contribution is -1.98. The van der Waals surface area contributed by atoms with Crippen molar-refractivity contribution in [3.8, 4) is 11.8 Å². The number of hydrogen-bond acceptors (Lipinski definition) is 2. The zero-order valence-electron chi connectivity index (χ0n) is 7.18. The maximum absolute atomic E-state index is 13.4. The number of rotatable bonds is 1. The van der Waals surface area contributed by atoms with Gasteiger partial charge in [0.1, 0.15) is 11.5 Å². The summed E-state index contributed by atoms with van der Waals surface area (Å²) in [7, 11) is 0. The van der Waals surface area contributed by atoms with E-state index >= 15 is 0 Å². The number of halogens is 1. The summed E-state index contributed by atoms with van der Waals surface area (Å²) in [6.45, 7) is 0. The number of nitrogens with zero attached hydrogens (tertiary/aromatic N) is 3. The molecule has 0 saturated carbocycles. The highest BCUT2D eigenvalue weighted by Gasteiger charge is 2.04. The van der Waals surface area contributed by atoms with Crippen LogP contribution in [0.1, 0.15) is 5.56 Å². The van der Waals surface area contributed by atoms with Crippen LogP contribution in [0.3, 0.4) is 0 Å². The average molecular weight is 187 g/mol. The molecule has 4 heteroatoms. The molecule has 2 rings (SSSR count). The van der Waals surface area contributed by atoms with Gasteiger partial charge >= 0.3 is 0 Å². The van der Waals surface area contributed by atoms with Crippen LogP contribution >= 0.6 is 0 Å². The number of hydrogen-bond donors (Lipinski definition) is 0. The summed E-state index contributed by atoms with van der Waals surface area (Å²) >= 11 is 0. The van der Waals surface area contributed by atoms with Crippen LogP contribution in [0.15, 0.2) is 36.7 Å². The predicted octanol–water partition coefficient (Wildman–Crippen LogP) is 1.88. The van der Waals surface area contributed by atoms with Crippen molar-refractivity contribution in [1.29, 1.82) is 5.26 Å². The highest BCUT2D eigenvalue weighted by molar-refractivity contribution is 5.40. The Labute approximate surface area is 80.0 Å². The van der Waals surface area contributed by atoms with E-state index < -0.39 is 5.82 Å². The molecule has 0 fully saturated rings. The third-order valence-corrected chi connectivity index (χ3v) is 1.83. The Balaban J connectivity index is 2.52. The molecule has 0 atom stereocenters. The molecule has 0 unspecified atom stereocenters. The normalized spacial score (nSPS) is 9.71. The van der Waals surface area contributed by atoms with Crippen LogP contribution in [-0.2, 0) is 0 Å². The van der Waals surface area contributed by atoms with Crippen molar-refractivity contribution in [2.75, 3.05) is 0 Å². The molecule has 0 N–H and O–H groups in total. The van der Waals surface area contributed by atoms with E-state index in [4.69, 9.17) is 5.26 Å². The first-order valence-corrected chi connectivity index (χ1v) is 4.01. The quantitative estimate of drug-likeness (QED) is 0.684. The summed E-state index contributed by atoms with van der Waals surface area (Å²) in [4.78, 5) is 0. The Morgan fingerprint density at radius 1 is 1.43 bits per heavy atom. The third-order valence-electron chi connectivity index (χ3n) is 1.83. The van der Waals surface area contributed by atoms with Gasteiger partial charge in [0.25, 0.3) is 0 Å². The summed E-state index contributed by atoms with van der Waals surface area (Å²) in [5, 5.41) is 12.4. The Morgan fingerprint density at radius 2 is 2.29 bits per heavy atom. The van der Waals surface area contributed by atoms with Gasteiger partial charge in [0.05, 0.1) is 11.6 Å². The van der Waals surface area contributed by atoms with E-state index in [1.807, 2.05) is 6.07 Å². The zero-order valence-corrected chi connectivity index (χ0v) is 7.18. The van der Waals surface area contributed by atoms with Gasteiger partial charge in [0.15, 0.2) is 0 Å². The van der Waals surface area contributed by atoms with Crippen LogP contribution in [0.25, 0.3) is 5.69 Å². The molecule has 0 saturated heterocycles. The molecule has 68 valence electrons. The topological polar surface area (TPSA) is 41.6 Å². The van der Waals surface area contributed by atoms with E-state index in [1.165, 1.54) is 16.8 Å². The second kappa shape index (κ2) is 3.30. The minimum Gasteiger partial charge on any atom is -0.238 e. The second-order valence-electron chi connectivity index (χ2n) is 2.73. The van der Waals surface area contributed by atoms with Crippen LogP contribution in [-0.4, -0.2) is 9.78 Å². The smallest absolute Gasteiger partial charge is 0.150 e. The summed E-state index contributed by atoms with van der Waals surface area (Å²) in [6.07, 6.45) is 3.21. The standard InChI is InChI=1S/C10H6FN3/c11-9-6-8(7-12)2-3-10(9)14-5-1-4-13-14/h1-6H. The fraction of sp³-hybridized carbons (Fsp3) is 0. The first-order chi connectivity index (χ1) is 6.81. The minimum absolute atomic E-state index is 0.304. The largest absolute Gasteiger partial charge is 0.238 e. The second-order valence-corrected chi connectivity index (χ2v) is 2.73. The summed E-state index contributed by atoms with van der Waals surface area (Å²) in [6, 6.07) is 7.85. The Morgan fingerprint density at radius 3 is 2.86 bits per heavy atom. The first-order valence-electron chi connectivity index (χ1n) is 4.01. The molecule has 0 radical (unpaired) electrons. The lowest BCUT2D eigenvalue weighted by molar-refractivity contribution is 0.610. The molecule has 0 spiro atoms. The number of benzene rings is 1. The van der Waals surface area contributed by atoms with Gasteiger partial charge in [-0.05, 0) is 24.3 Å². The lowest BCUT2D eigenvalue weighted by atomic mass is 10.2. The summed E-state index contributed by atoms with van der Waals surface area (Å²) < 4.78 is 14.8. The number of nitriles is 1. The highest BCUT2D eigenvalue weighted by atomic mass is 19.1. The molecule has 1 aromatic carbocycles. The Kier molecular flexibility index (Phi) is 1.99. The van der Waals surface area contributed by atoms with Gasteiger partial charge in [-0.25, -0.2) is 9.07 Å². The van der Waals surface area contributed by atoms with Gasteiger partial charge in [-0.3, -0.25) is 0 Å². The van der Waals surface area contributed by atoms with Crippen LogP contribution in [0.2, 0.25) is 0 Å². The molecule has 1 aromatic heterocycles. The predicted molar refractivity (Wildman–Crippen MR) is 48.2 cm³/mol. The van der Waals surface area contributed by atoms with Gasteiger partial charge in [0.2, 0.25) is 0 Å². The van der Waals surface area contributed by atoms with Gasteiger partial charge in [-0.2, -0.15) is 10.4 Å². The minimum atomic E-state index is -0.451. The van der Waals surface area contributed by atoms with E-state index in [1.54, 1.807) is 24.5 Å². The maximum Gasteiger partial charge on any atom is 0.150 e. The molecule has 0 aliphatic heterocycles. The molecule has 0 aliphatic rings. The first kappa shape index (κ1) is 8.45. The fourth-order valence-electron chi connectivity index (χ4n) is 1.17.